The van der Waals surface area contributed by atoms with Crippen LogP contribution in [-0.2, 0) is 19.4 Å². The second kappa shape index (κ2) is 6.92. The molecule has 2 aromatic heterocycles. The Morgan fingerprint density at radius 3 is 2.88 bits per heavy atom. The van der Waals surface area contributed by atoms with Crippen molar-refractivity contribution < 1.29 is 13.2 Å². The minimum absolute atomic E-state index is 0.303. The van der Waals surface area contributed by atoms with Crippen LogP contribution in [0.2, 0.25) is 0 Å². The quantitative estimate of drug-likeness (QED) is 0.775. The van der Waals surface area contributed by atoms with E-state index in [0.29, 0.717) is 17.8 Å². The average Bonchev–Trinajstić information content (AvgIpc) is 3.05. The Morgan fingerprint density at radius 1 is 1.15 bits per heavy atom. The summed E-state index contributed by atoms with van der Waals surface area (Å²) in [6.45, 7) is 1.67. The van der Waals surface area contributed by atoms with E-state index in [1.807, 2.05) is 16.9 Å². The molecule has 3 aromatic rings. The van der Waals surface area contributed by atoms with Gasteiger partial charge in [0.1, 0.15) is 5.82 Å². The second-order valence-corrected chi connectivity index (χ2v) is 6.35. The smallest absolute Gasteiger partial charge is 0.263 e. The second-order valence-electron chi connectivity index (χ2n) is 6.35. The Hall–Kier alpha value is -2.67. The third kappa shape index (κ3) is 3.35. The first-order valence-electron chi connectivity index (χ1n) is 8.39. The first-order chi connectivity index (χ1) is 12.6. The van der Waals surface area contributed by atoms with Crippen molar-refractivity contribution in [2.24, 2.45) is 0 Å². The molecule has 0 unspecified atom stereocenters. The van der Waals surface area contributed by atoms with Gasteiger partial charge in [0.2, 0.25) is 0 Å². The van der Waals surface area contributed by atoms with E-state index in [1.165, 1.54) is 12.1 Å². The summed E-state index contributed by atoms with van der Waals surface area (Å²) in [7, 11) is 0. The maximum absolute atomic E-state index is 13.6. The zero-order valence-corrected chi connectivity index (χ0v) is 13.9. The van der Waals surface area contributed by atoms with E-state index in [2.05, 4.69) is 15.4 Å². The summed E-state index contributed by atoms with van der Waals surface area (Å²) in [6, 6.07) is 7.16. The third-order valence-corrected chi connectivity index (χ3v) is 4.48. The van der Waals surface area contributed by atoms with Crippen LogP contribution in [0.15, 0.2) is 42.7 Å². The first-order valence-corrected chi connectivity index (χ1v) is 8.39. The maximum atomic E-state index is 13.6. The van der Waals surface area contributed by atoms with Gasteiger partial charge in [0, 0.05) is 36.8 Å². The zero-order valence-electron chi connectivity index (χ0n) is 13.9. The van der Waals surface area contributed by atoms with E-state index < -0.39 is 12.2 Å². The highest BCUT2D eigenvalue weighted by Gasteiger charge is 2.16. The predicted octanol–water partition coefficient (Wildman–Crippen LogP) is 3.58. The minimum atomic E-state index is -2.69. The molecule has 1 aromatic carbocycles. The Bertz CT molecular complexity index is 936. The van der Waals surface area contributed by atoms with Crippen molar-refractivity contribution >= 4 is 0 Å². The fourth-order valence-corrected chi connectivity index (χ4v) is 3.27. The van der Waals surface area contributed by atoms with Gasteiger partial charge in [-0.2, -0.15) is 5.10 Å². The van der Waals surface area contributed by atoms with Crippen LogP contribution in [0.4, 0.5) is 13.2 Å². The SMILES string of the molecule is Fc1cc(Cc2ccnc(-n3ncc4c3CCNC4)c2)cc(C(F)F)c1. The molecule has 3 heterocycles. The molecule has 4 rings (SSSR count). The number of alkyl halides is 2. The number of hydrogen-bond acceptors (Lipinski definition) is 3. The summed E-state index contributed by atoms with van der Waals surface area (Å²) in [5.41, 5.74) is 3.33. The number of fused-ring (bicyclic) bond motifs is 1. The molecule has 0 atom stereocenters. The number of pyridine rings is 1. The molecular formula is C19H17F3N4. The summed E-state index contributed by atoms with van der Waals surface area (Å²) in [5, 5.41) is 7.72. The summed E-state index contributed by atoms with van der Waals surface area (Å²) in [4.78, 5) is 4.38. The molecule has 0 fully saturated rings. The van der Waals surface area contributed by atoms with Gasteiger partial charge in [0.05, 0.1) is 11.9 Å². The minimum Gasteiger partial charge on any atom is -0.312 e. The normalized spacial score (nSPS) is 13.8. The molecule has 134 valence electrons. The standard InChI is InChI=1S/C19H17F3N4/c20-16-7-13(6-14(9-16)19(21)22)5-12-1-4-24-18(8-12)26-17-2-3-23-10-15(17)11-25-26/h1,4,6-9,11,19,23H,2-3,5,10H2. The monoisotopic (exact) mass is 358 g/mol. The van der Waals surface area contributed by atoms with Gasteiger partial charge in [0.25, 0.3) is 6.43 Å². The Kier molecular flexibility index (Phi) is 4.46. The summed E-state index contributed by atoms with van der Waals surface area (Å²) < 4.78 is 41.2. The lowest BCUT2D eigenvalue weighted by molar-refractivity contribution is 0.151. The van der Waals surface area contributed by atoms with Crippen molar-refractivity contribution in [1.82, 2.24) is 20.1 Å². The molecular weight excluding hydrogens is 341 g/mol. The average molecular weight is 358 g/mol. The highest BCUT2D eigenvalue weighted by molar-refractivity contribution is 5.36. The zero-order chi connectivity index (χ0) is 18.1. The number of nitrogens with one attached hydrogen (secondary N) is 1. The number of benzene rings is 1. The number of nitrogens with zero attached hydrogens (tertiary/aromatic N) is 3. The molecule has 26 heavy (non-hydrogen) atoms. The molecule has 1 aliphatic heterocycles. The van der Waals surface area contributed by atoms with Crippen LogP contribution in [0.1, 0.15) is 34.4 Å². The van der Waals surface area contributed by atoms with E-state index in [4.69, 9.17) is 0 Å². The van der Waals surface area contributed by atoms with Crippen molar-refractivity contribution in [2.45, 2.75) is 25.8 Å². The topological polar surface area (TPSA) is 42.7 Å². The first kappa shape index (κ1) is 16.8. The van der Waals surface area contributed by atoms with E-state index >= 15 is 0 Å². The fraction of sp³-hybridized carbons (Fsp3) is 0.263. The van der Waals surface area contributed by atoms with E-state index in [9.17, 15) is 13.2 Å². The number of rotatable bonds is 4. The molecule has 0 saturated carbocycles. The van der Waals surface area contributed by atoms with Crippen molar-refractivity contribution in [3.8, 4) is 5.82 Å². The van der Waals surface area contributed by atoms with E-state index in [1.54, 1.807) is 12.3 Å². The summed E-state index contributed by atoms with van der Waals surface area (Å²) in [6.07, 6.45) is 2.01. The van der Waals surface area contributed by atoms with Crippen LogP contribution in [0.3, 0.4) is 0 Å². The van der Waals surface area contributed by atoms with Crippen LogP contribution >= 0.6 is 0 Å². The molecule has 1 N–H and O–H groups in total. The van der Waals surface area contributed by atoms with Crippen LogP contribution < -0.4 is 5.32 Å². The Labute approximate surface area is 148 Å². The summed E-state index contributed by atoms with van der Waals surface area (Å²) >= 11 is 0. The van der Waals surface area contributed by atoms with Crippen LogP contribution in [0.5, 0.6) is 0 Å². The van der Waals surface area contributed by atoms with E-state index in [0.717, 1.165) is 42.4 Å². The maximum Gasteiger partial charge on any atom is 0.263 e. The molecule has 0 spiro atoms. The van der Waals surface area contributed by atoms with Crippen molar-refractivity contribution in [3.05, 3.63) is 76.5 Å². The van der Waals surface area contributed by atoms with Crippen LogP contribution in [0, 0.1) is 5.82 Å². The summed E-state index contributed by atoms with van der Waals surface area (Å²) in [5.74, 6) is 0.0249. The molecule has 7 heteroatoms. The molecule has 0 radical (unpaired) electrons. The highest BCUT2D eigenvalue weighted by Crippen LogP contribution is 2.23. The van der Waals surface area contributed by atoms with Gasteiger partial charge >= 0.3 is 0 Å². The van der Waals surface area contributed by atoms with Crippen molar-refractivity contribution in [1.29, 1.82) is 0 Å². The molecule has 0 bridgehead atoms. The van der Waals surface area contributed by atoms with Gasteiger partial charge in [-0.15, -0.1) is 0 Å². The lowest BCUT2D eigenvalue weighted by atomic mass is 10.0. The largest absolute Gasteiger partial charge is 0.312 e. The Balaban J connectivity index is 1.64. The molecule has 0 amide bonds. The van der Waals surface area contributed by atoms with Gasteiger partial charge in [-0.3, -0.25) is 0 Å². The van der Waals surface area contributed by atoms with Gasteiger partial charge in [-0.1, -0.05) is 0 Å². The van der Waals surface area contributed by atoms with Crippen LogP contribution in [0.25, 0.3) is 5.82 Å². The fourth-order valence-electron chi connectivity index (χ4n) is 3.27. The third-order valence-electron chi connectivity index (χ3n) is 4.48. The molecule has 0 aliphatic carbocycles. The van der Waals surface area contributed by atoms with Gasteiger partial charge in [-0.25, -0.2) is 22.8 Å². The van der Waals surface area contributed by atoms with Gasteiger partial charge < -0.3 is 5.32 Å². The molecule has 0 saturated heterocycles. The lowest BCUT2D eigenvalue weighted by Gasteiger charge is -2.15. The van der Waals surface area contributed by atoms with Gasteiger partial charge in [0.15, 0.2) is 5.82 Å². The Morgan fingerprint density at radius 2 is 2.04 bits per heavy atom. The highest BCUT2D eigenvalue weighted by atomic mass is 19.3. The van der Waals surface area contributed by atoms with Crippen molar-refractivity contribution in [3.63, 3.8) is 0 Å². The number of hydrogen-bond donors (Lipinski definition) is 1. The molecule has 1 aliphatic rings. The van der Waals surface area contributed by atoms with Crippen LogP contribution in [-0.4, -0.2) is 21.3 Å². The van der Waals surface area contributed by atoms with Gasteiger partial charge in [-0.05, 0) is 47.9 Å². The lowest BCUT2D eigenvalue weighted by Crippen LogP contribution is -2.24. The van der Waals surface area contributed by atoms with E-state index in [-0.39, 0.29) is 5.56 Å². The predicted molar refractivity (Wildman–Crippen MR) is 90.9 cm³/mol. The van der Waals surface area contributed by atoms with Crippen molar-refractivity contribution in [2.75, 3.05) is 6.54 Å². The number of halogens is 3. The molecule has 4 nitrogen and oxygen atoms in total. The number of aromatic nitrogens is 3.